The number of nitro benzene ring substituents is 1. The van der Waals surface area contributed by atoms with Crippen molar-refractivity contribution in [1.82, 2.24) is 0 Å². The van der Waals surface area contributed by atoms with Crippen LogP contribution in [-0.4, -0.2) is 11.5 Å². The first-order valence-electron chi connectivity index (χ1n) is 6.30. The van der Waals surface area contributed by atoms with E-state index in [0.29, 0.717) is 0 Å². The van der Waals surface area contributed by atoms with Crippen molar-refractivity contribution in [2.45, 2.75) is 13.3 Å². The molecule has 0 saturated heterocycles. The van der Waals surface area contributed by atoms with Crippen molar-refractivity contribution >= 4 is 27.3 Å². The second-order valence-corrected chi connectivity index (χ2v) is 5.37. The fourth-order valence-electron chi connectivity index (χ4n) is 1.92. The number of hydrogen-bond donors (Lipinski definition) is 1. The summed E-state index contributed by atoms with van der Waals surface area (Å²) in [5, 5.41) is 13.9. The van der Waals surface area contributed by atoms with E-state index in [0.717, 1.165) is 28.7 Å². The summed E-state index contributed by atoms with van der Waals surface area (Å²) in [6, 6.07) is 12.7. The highest BCUT2D eigenvalue weighted by Gasteiger charge is 2.04. The third-order valence-electron chi connectivity index (χ3n) is 3.14. The third-order valence-corrected chi connectivity index (χ3v) is 4.00. The van der Waals surface area contributed by atoms with Crippen molar-refractivity contribution in [3.8, 4) is 0 Å². The van der Waals surface area contributed by atoms with Crippen LogP contribution >= 0.6 is 15.9 Å². The predicted molar refractivity (Wildman–Crippen MR) is 84.2 cm³/mol. The molecule has 1 N–H and O–H groups in total. The minimum Gasteiger partial charge on any atom is -0.384 e. The Balaban J connectivity index is 1.92. The molecule has 0 fully saturated rings. The standard InChI is InChI=1S/C15H15BrN2O2/c1-11-14(16)3-2-4-15(11)17-10-9-12-5-7-13(8-6-12)18(19)20/h2-8,17H,9-10H2,1H3. The second kappa shape index (κ2) is 6.52. The summed E-state index contributed by atoms with van der Waals surface area (Å²) in [7, 11) is 0. The summed E-state index contributed by atoms with van der Waals surface area (Å²) in [6.07, 6.45) is 0.823. The van der Waals surface area contributed by atoms with Gasteiger partial charge in [-0.1, -0.05) is 34.1 Å². The topological polar surface area (TPSA) is 55.2 Å². The van der Waals surface area contributed by atoms with E-state index in [2.05, 4.69) is 28.2 Å². The second-order valence-electron chi connectivity index (χ2n) is 4.51. The van der Waals surface area contributed by atoms with Crippen LogP contribution in [0.25, 0.3) is 0 Å². The van der Waals surface area contributed by atoms with Crippen LogP contribution in [0, 0.1) is 17.0 Å². The molecule has 0 amide bonds. The van der Waals surface area contributed by atoms with E-state index >= 15 is 0 Å². The molecular weight excluding hydrogens is 320 g/mol. The molecule has 0 spiro atoms. The molecular formula is C15H15BrN2O2. The molecule has 20 heavy (non-hydrogen) atoms. The Kier molecular flexibility index (Phi) is 4.74. The van der Waals surface area contributed by atoms with Crippen LogP contribution in [0.15, 0.2) is 46.9 Å². The lowest BCUT2D eigenvalue weighted by Crippen LogP contribution is -2.06. The average Bonchev–Trinajstić information content (AvgIpc) is 2.44. The summed E-state index contributed by atoms with van der Waals surface area (Å²) in [5.74, 6) is 0. The van der Waals surface area contributed by atoms with Gasteiger partial charge in [-0.15, -0.1) is 0 Å². The summed E-state index contributed by atoms with van der Waals surface area (Å²) in [6.45, 7) is 2.84. The zero-order valence-electron chi connectivity index (χ0n) is 11.1. The van der Waals surface area contributed by atoms with Gasteiger partial charge in [0, 0.05) is 28.8 Å². The number of nitrogens with zero attached hydrogens (tertiary/aromatic N) is 1. The fraction of sp³-hybridized carbons (Fsp3) is 0.200. The van der Waals surface area contributed by atoms with E-state index in [1.807, 2.05) is 18.2 Å². The molecule has 2 aromatic rings. The highest BCUT2D eigenvalue weighted by Crippen LogP contribution is 2.23. The van der Waals surface area contributed by atoms with Crippen LogP contribution < -0.4 is 5.32 Å². The molecule has 104 valence electrons. The lowest BCUT2D eigenvalue weighted by molar-refractivity contribution is -0.384. The number of benzene rings is 2. The van der Waals surface area contributed by atoms with Crippen molar-refractivity contribution in [3.05, 3.63) is 68.2 Å². The van der Waals surface area contributed by atoms with Gasteiger partial charge >= 0.3 is 0 Å². The summed E-state index contributed by atoms with van der Waals surface area (Å²) in [4.78, 5) is 10.2. The summed E-state index contributed by atoms with van der Waals surface area (Å²) in [5.41, 5.74) is 3.48. The highest BCUT2D eigenvalue weighted by atomic mass is 79.9. The molecule has 0 aliphatic rings. The average molecular weight is 335 g/mol. The maximum atomic E-state index is 10.6. The van der Waals surface area contributed by atoms with Gasteiger partial charge in [-0.25, -0.2) is 0 Å². The number of hydrogen-bond acceptors (Lipinski definition) is 3. The lowest BCUT2D eigenvalue weighted by atomic mass is 10.1. The Hall–Kier alpha value is -1.88. The summed E-state index contributed by atoms with van der Waals surface area (Å²) >= 11 is 3.50. The molecule has 2 rings (SSSR count). The molecule has 0 atom stereocenters. The normalized spacial score (nSPS) is 10.3. The minimum absolute atomic E-state index is 0.129. The van der Waals surface area contributed by atoms with Gasteiger partial charge in [0.05, 0.1) is 4.92 Å². The van der Waals surface area contributed by atoms with Crippen molar-refractivity contribution in [2.24, 2.45) is 0 Å². The van der Waals surface area contributed by atoms with E-state index in [-0.39, 0.29) is 10.6 Å². The Morgan fingerprint density at radius 1 is 1.20 bits per heavy atom. The minimum atomic E-state index is -0.382. The van der Waals surface area contributed by atoms with Gasteiger partial charge in [-0.05, 0) is 36.6 Å². The maximum Gasteiger partial charge on any atom is 0.269 e. The van der Waals surface area contributed by atoms with Gasteiger partial charge in [0.15, 0.2) is 0 Å². The largest absolute Gasteiger partial charge is 0.384 e. The number of rotatable bonds is 5. The Morgan fingerprint density at radius 3 is 2.55 bits per heavy atom. The predicted octanol–water partition coefficient (Wildman–Crippen LogP) is 4.32. The van der Waals surface area contributed by atoms with Gasteiger partial charge in [0.2, 0.25) is 0 Å². The lowest BCUT2D eigenvalue weighted by Gasteiger charge is -2.10. The Bertz CT molecular complexity index is 612. The zero-order valence-corrected chi connectivity index (χ0v) is 12.7. The highest BCUT2D eigenvalue weighted by molar-refractivity contribution is 9.10. The SMILES string of the molecule is Cc1c(Br)cccc1NCCc1ccc([N+](=O)[O-])cc1. The Morgan fingerprint density at radius 2 is 1.90 bits per heavy atom. The van der Waals surface area contributed by atoms with E-state index in [9.17, 15) is 10.1 Å². The smallest absolute Gasteiger partial charge is 0.269 e. The van der Waals surface area contributed by atoms with Gasteiger partial charge in [0.25, 0.3) is 5.69 Å². The fourth-order valence-corrected chi connectivity index (χ4v) is 2.29. The quantitative estimate of drug-likeness (QED) is 0.654. The first-order valence-corrected chi connectivity index (χ1v) is 7.09. The number of non-ortho nitro benzene ring substituents is 1. The monoisotopic (exact) mass is 334 g/mol. The molecule has 0 saturated carbocycles. The van der Waals surface area contributed by atoms with Crippen molar-refractivity contribution in [1.29, 1.82) is 0 Å². The van der Waals surface area contributed by atoms with Gasteiger partial charge in [-0.3, -0.25) is 10.1 Å². The number of anilines is 1. The molecule has 0 bridgehead atoms. The number of halogens is 1. The molecule has 0 heterocycles. The van der Waals surface area contributed by atoms with Gasteiger partial charge in [0.1, 0.15) is 0 Å². The van der Waals surface area contributed by atoms with Crippen LogP contribution in [0.4, 0.5) is 11.4 Å². The van der Waals surface area contributed by atoms with E-state index in [1.165, 1.54) is 5.56 Å². The van der Waals surface area contributed by atoms with Crippen LogP contribution in [-0.2, 0) is 6.42 Å². The molecule has 2 aromatic carbocycles. The zero-order chi connectivity index (χ0) is 14.5. The van der Waals surface area contributed by atoms with Crippen molar-refractivity contribution in [3.63, 3.8) is 0 Å². The van der Waals surface area contributed by atoms with Crippen LogP contribution in [0.2, 0.25) is 0 Å². The Labute approximate surface area is 126 Å². The van der Waals surface area contributed by atoms with E-state index in [1.54, 1.807) is 24.3 Å². The molecule has 0 aromatic heterocycles. The third kappa shape index (κ3) is 3.57. The molecule has 0 aliphatic carbocycles. The van der Waals surface area contributed by atoms with Crippen molar-refractivity contribution in [2.75, 3.05) is 11.9 Å². The van der Waals surface area contributed by atoms with E-state index < -0.39 is 0 Å². The van der Waals surface area contributed by atoms with Crippen LogP contribution in [0.3, 0.4) is 0 Å². The summed E-state index contributed by atoms with van der Waals surface area (Å²) < 4.78 is 1.08. The molecule has 4 nitrogen and oxygen atoms in total. The van der Waals surface area contributed by atoms with Gasteiger partial charge < -0.3 is 5.32 Å². The maximum absolute atomic E-state index is 10.6. The first kappa shape index (κ1) is 14.5. The number of nitrogens with one attached hydrogen (secondary N) is 1. The van der Waals surface area contributed by atoms with Crippen LogP contribution in [0.5, 0.6) is 0 Å². The molecule has 0 unspecified atom stereocenters. The molecule has 0 aliphatic heterocycles. The van der Waals surface area contributed by atoms with Crippen molar-refractivity contribution < 1.29 is 4.92 Å². The van der Waals surface area contributed by atoms with E-state index in [4.69, 9.17) is 0 Å². The van der Waals surface area contributed by atoms with Gasteiger partial charge in [-0.2, -0.15) is 0 Å². The first-order chi connectivity index (χ1) is 9.58. The number of nitro groups is 1. The molecule has 5 heteroatoms. The van der Waals surface area contributed by atoms with Crippen LogP contribution in [0.1, 0.15) is 11.1 Å². The molecule has 0 radical (unpaired) electrons.